The highest BCUT2D eigenvalue weighted by molar-refractivity contribution is 7.47. The molecule has 60 heavy (non-hydrogen) atoms. The summed E-state index contributed by atoms with van der Waals surface area (Å²) in [6, 6.07) is 0. The number of phosphoric acid groups is 1. The smallest absolute Gasteiger partial charge is 0.457 e. The van der Waals surface area contributed by atoms with Gasteiger partial charge in [-0.2, -0.15) is 0 Å². The second-order valence-electron chi connectivity index (χ2n) is 17.8. The van der Waals surface area contributed by atoms with E-state index in [1.165, 1.54) is 141 Å². The fourth-order valence-electron chi connectivity index (χ4n) is 6.73. The van der Waals surface area contributed by atoms with Gasteiger partial charge in [-0.3, -0.25) is 13.8 Å². The summed E-state index contributed by atoms with van der Waals surface area (Å²) in [4.78, 5) is 23.0. The van der Waals surface area contributed by atoms with Crippen molar-refractivity contribution in [1.29, 1.82) is 0 Å². The molecule has 0 heterocycles. The summed E-state index contributed by atoms with van der Waals surface area (Å²) in [6.45, 7) is 5.59. The molecule has 0 aromatic rings. The summed E-state index contributed by atoms with van der Waals surface area (Å²) < 4.78 is 35.1. The van der Waals surface area contributed by atoms with Crippen LogP contribution in [0, 0.1) is 0 Å². The first-order chi connectivity index (χ1) is 29.1. The van der Waals surface area contributed by atoms with Crippen LogP contribution < -0.4 is 0 Å². The molecule has 1 N–H and O–H groups in total. The molecule has 0 bridgehead atoms. The molecule has 9 heteroatoms. The second-order valence-corrected chi connectivity index (χ2v) is 19.3. The Morgan fingerprint density at radius 3 is 1.38 bits per heavy atom. The van der Waals surface area contributed by atoms with Crippen molar-refractivity contribution in [3.05, 3.63) is 48.6 Å². The number of rotatable bonds is 46. The van der Waals surface area contributed by atoms with Gasteiger partial charge in [0.05, 0.1) is 34.4 Å². The van der Waals surface area contributed by atoms with Crippen LogP contribution in [0.2, 0.25) is 0 Å². The van der Waals surface area contributed by atoms with Gasteiger partial charge in [-0.25, -0.2) is 4.57 Å². The Labute approximate surface area is 371 Å². The van der Waals surface area contributed by atoms with Crippen LogP contribution in [-0.2, 0) is 27.9 Å². The van der Waals surface area contributed by atoms with E-state index in [2.05, 4.69) is 62.5 Å². The first-order valence-electron chi connectivity index (χ1n) is 24.9. The molecule has 8 nitrogen and oxygen atoms in total. The van der Waals surface area contributed by atoms with Gasteiger partial charge in [-0.05, 0) is 77.0 Å². The molecule has 0 saturated heterocycles. The zero-order valence-electron chi connectivity index (χ0n) is 39.9. The van der Waals surface area contributed by atoms with Gasteiger partial charge in [-0.1, -0.05) is 178 Å². The molecule has 0 fully saturated rings. The summed E-state index contributed by atoms with van der Waals surface area (Å²) in [5.41, 5.74) is 0. The lowest BCUT2D eigenvalue weighted by atomic mass is 10.1. The molecule has 0 aromatic heterocycles. The number of ether oxygens (including phenoxy) is 2. The second kappa shape index (κ2) is 44.1. The first-order valence-corrected chi connectivity index (χ1v) is 26.4. The Morgan fingerprint density at radius 1 is 0.517 bits per heavy atom. The predicted molar refractivity (Wildman–Crippen MR) is 256 cm³/mol. The Morgan fingerprint density at radius 2 is 0.917 bits per heavy atom. The summed E-state index contributed by atoms with van der Waals surface area (Å²) in [7, 11) is 1.66. The summed E-state index contributed by atoms with van der Waals surface area (Å²) in [5, 5.41) is 0. The number of carbonyl (C=O) groups is 1. The first kappa shape index (κ1) is 58.5. The van der Waals surface area contributed by atoms with E-state index in [1.54, 1.807) is 0 Å². The highest BCUT2D eigenvalue weighted by Gasteiger charge is 2.26. The van der Waals surface area contributed by atoms with E-state index in [0.29, 0.717) is 24.1 Å². The fourth-order valence-corrected chi connectivity index (χ4v) is 7.47. The van der Waals surface area contributed by atoms with Crippen LogP contribution in [0.4, 0.5) is 0 Å². The lowest BCUT2D eigenvalue weighted by Crippen LogP contribution is -2.37. The van der Waals surface area contributed by atoms with E-state index in [0.717, 1.165) is 51.4 Å². The van der Waals surface area contributed by atoms with Gasteiger partial charge in [0, 0.05) is 13.0 Å². The molecule has 352 valence electrons. The lowest BCUT2D eigenvalue weighted by Gasteiger charge is -2.24. The van der Waals surface area contributed by atoms with Crippen molar-refractivity contribution in [1.82, 2.24) is 0 Å². The minimum atomic E-state index is -4.28. The summed E-state index contributed by atoms with van der Waals surface area (Å²) in [5.74, 6) is -0.323. The van der Waals surface area contributed by atoms with Gasteiger partial charge in [-0.15, -0.1) is 0 Å². The Kier molecular flexibility index (Phi) is 43.0. The zero-order valence-corrected chi connectivity index (χ0v) is 40.8. The van der Waals surface area contributed by atoms with Crippen molar-refractivity contribution in [2.75, 3.05) is 54.1 Å². The van der Waals surface area contributed by atoms with Gasteiger partial charge >= 0.3 is 13.8 Å². The maximum absolute atomic E-state index is 12.7. The quantitative estimate of drug-likeness (QED) is 0.0214. The van der Waals surface area contributed by atoms with Crippen LogP contribution in [-0.4, -0.2) is 75.6 Å². The molecule has 0 aliphatic heterocycles. The summed E-state index contributed by atoms with van der Waals surface area (Å²) >= 11 is 0. The number of carbonyl (C=O) groups excluding carboxylic acids is 1. The van der Waals surface area contributed by atoms with E-state index in [4.69, 9.17) is 18.5 Å². The molecule has 0 aromatic carbocycles. The average molecular weight is 867 g/mol. The van der Waals surface area contributed by atoms with Gasteiger partial charge < -0.3 is 18.9 Å². The minimum absolute atomic E-state index is 0.0848. The molecule has 0 radical (unpaired) electrons. The van der Waals surface area contributed by atoms with Crippen LogP contribution in [0.3, 0.4) is 0 Å². The molecule has 0 rings (SSSR count). The van der Waals surface area contributed by atoms with Gasteiger partial charge in [0.1, 0.15) is 19.3 Å². The van der Waals surface area contributed by atoms with Crippen molar-refractivity contribution in [3.8, 4) is 0 Å². The number of unbranched alkanes of at least 4 members (excludes halogenated alkanes) is 24. The van der Waals surface area contributed by atoms with E-state index in [-0.39, 0.29) is 25.8 Å². The van der Waals surface area contributed by atoms with Crippen LogP contribution in [0.25, 0.3) is 0 Å². The minimum Gasteiger partial charge on any atom is -0.457 e. The van der Waals surface area contributed by atoms with E-state index in [9.17, 15) is 14.3 Å². The van der Waals surface area contributed by atoms with Gasteiger partial charge in [0.15, 0.2) is 0 Å². The molecule has 0 aliphatic carbocycles. The number of likely N-dealkylation sites (N-methyl/N-ethyl adjacent to an activating group) is 1. The Balaban J connectivity index is 4.17. The largest absolute Gasteiger partial charge is 0.472 e. The Bertz CT molecular complexity index is 1100. The van der Waals surface area contributed by atoms with Gasteiger partial charge in [0.2, 0.25) is 0 Å². The number of hydrogen-bond donors (Lipinski definition) is 1. The van der Waals surface area contributed by atoms with Crippen molar-refractivity contribution >= 4 is 13.8 Å². The number of hydrogen-bond acceptors (Lipinski definition) is 6. The molecular formula is C51H97NO7P+. The third-order valence-electron chi connectivity index (χ3n) is 10.6. The van der Waals surface area contributed by atoms with Crippen molar-refractivity contribution in [2.24, 2.45) is 0 Å². The van der Waals surface area contributed by atoms with Crippen LogP contribution >= 0.6 is 7.82 Å². The van der Waals surface area contributed by atoms with Crippen LogP contribution in [0.5, 0.6) is 0 Å². The maximum Gasteiger partial charge on any atom is 0.472 e. The molecule has 2 atom stereocenters. The molecular weight excluding hydrogens is 770 g/mol. The van der Waals surface area contributed by atoms with E-state index in [1.807, 2.05) is 21.1 Å². The van der Waals surface area contributed by atoms with Crippen LogP contribution in [0.15, 0.2) is 48.6 Å². The zero-order chi connectivity index (χ0) is 44.1. The molecule has 0 spiro atoms. The Hall–Kier alpha value is -1.54. The fraction of sp³-hybridized carbons (Fsp3) is 0.824. The van der Waals surface area contributed by atoms with Crippen molar-refractivity contribution in [2.45, 2.75) is 219 Å². The SMILES string of the molecule is CCCCCCC/C=C\C/C=C\C/C=C\CCCCCCCCCCC(=O)OC(COCCCCCCCC/C=C\CCCCCCC)COP(=O)(O)OCC[N+](C)(C)C. The lowest BCUT2D eigenvalue weighted by molar-refractivity contribution is -0.870. The number of allylic oxidation sites excluding steroid dienone is 8. The molecule has 0 aliphatic rings. The van der Waals surface area contributed by atoms with E-state index < -0.39 is 13.9 Å². The average Bonchev–Trinajstić information content (AvgIpc) is 3.20. The monoisotopic (exact) mass is 867 g/mol. The number of esters is 1. The highest BCUT2D eigenvalue weighted by atomic mass is 31.2. The maximum atomic E-state index is 12.7. The number of quaternary nitrogens is 1. The van der Waals surface area contributed by atoms with Crippen molar-refractivity contribution < 1.29 is 37.3 Å². The predicted octanol–water partition coefficient (Wildman–Crippen LogP) is 15.1. The number of phosphoric ester groups is 1. The number of nitrogens with zero attached hydrogens (tertiary/aromatic N) is 1. The van der Waals surface area contributed by atoms with E-state index >= 15 is 0 Å². The summed E-state index contributed by atoms with van der Waals surface area (Å²) in [6.07, 6.45) is 54.3. The van der Waals surface area contributed by atoms with Crippen molar-refractivity contribution in [3.63, 3.8) is 0 Å². The van der Waals surface area contributed by atoms with Gasteiger partial charge in [0.25, 0.3) is 0 Å². The molecule has 0 amide bonds. The topological polar surface area (TPSA) is 91.3 Å². The van der Waals surface area contributed by atoms with Crippen LogP contribution in [0.1, 0.15) is 213 Å². The standard InChI is InChI=1S/C51H96NO7P/c1-6-8-10-12-14-16-18-20-22-23-24-25-26-27-28-29-30-32-34-36-38-40-42-44-51(53)59-50(49-58-60(54,55)57-47-45-52(3,4)5)48-56-46-43-41-39-37-35-33-31-21-19-17-15-13-11-9-7-2/h18-21,23-24,26-27,50H,6-17,22,25,28-49H2,1-5H3/p+1/b20-18-,21-19-,24-23-,27-26-. The molecule has 2 unspecified atom stereocenters. The highest BCUT2D eigenvalue weighted by Crippen LogP contribution is 2.43. The molecule has 0 saturated carbocycles. The third kappa shape index (κ3) is 47.5. The third-order valence-corrected chi connectivity index (χ3v) is 11.6. The normalized spacial score (nSPS) is 14.0.